The first-order valence-electron chi connectivity index (χ1n) is 9.57. The van der Waals surface area contributed by atoms with Gasteiger partial charge in [-0.1, -0.05) is 12.7 Å². The number of rotatable bonds is 7. The van der Waals surface area contributed by atoms with Gasteiger partial charge in [0.1, 0.15) is 11.4 Å². The lowest BCUT2D eigenvalue weighted by Crippen LogP contribution is -2.12. The third-order valence-corrected chi connectivity index (χ3v) is 5.38. The summed E-state index contributed by atoms with van der Waals surface area (Å²) in [5.41, 5.74) is 5.26. The van der Waals surface area contributed by atoms with Crippen LogP contribution in [0.4, 0.5) is 0 Å². The van der Waals surface area contributed by atoms with Gasteiger partial charge in [0.2, 0.25) is 0 Å². The number of carbonyl (C=O) groups is 1. The van der Waals surface area contributed by atoms with Gasteiger partial charge in [0, 0.05) is 42.4 Å². The standard InChI is InChI=1S/C23H24N2O3/c1-3-18(26)11-15-6-4-7-16(10-15)21-17(14-27-2)12-24-23-22(21)19(13-25-23)20-8-5-9-28-20/h3,5,7-9,12-13,15H,1,4,6,10-11,14H2,2H3,(H,24,25). The topological polar surface area (TPSA) is 68.1 Å². The summed E-state index contributed by atoms with van der Waals surface area (Å²) in [5, 5.41) is 1.05. The van der Waals surface area contributed by atoms with Crippen molar-refractivity contribution in [2.45, 2.75) is 32.3 Å². The average molecular weight is 376 g/mol. The van der Waals surface area contributed by atoms with Gasteiger partial charge in [0.05, 0.1) is 12.9 Å². The first-order chi connectivity index (χ1) is 13.7. The summed E-state index contributed by atoms with van der Waals surface area (Å²) < 4.78 is 11.1. The van der Waals surface area contributed by atoms with Crippen LogP contribution in [0.3, 0.4) is 0 Å². The molecule has 1 unspecified atom stereocenters. The second-order valence-electron chi connectivity index (χ2n) is 7.25. The molecule has 1 atom stereocenters. The normalized spacial score (nSPS) is 16.9. The van der Waals surface area contributed by atoms with Gasteiger partial charge in [0.25, 0.3) is 0 Å². The lowest BCUT2D eigenvalue weighted by molar-refractivity contribution is -0.115. The van der Waals surface area contributed by atoms with E-state index in [4.69, 9.17) is 9.15 Å². The van der Waals surface area contributed by atoms with Crippen molar-refractivity contribution >= 4 is 22.4 Å². The van der Waals surface area contributed by atoms with Crippen LogP contribution < -0.4 is 0 Å². The van der Waals surface area contributed by atoms with Crippen molar-refractivity contribution in [3.05, 3.63) is 60.6 Å². The molecule has 0 saturated carbocycles. The number of fused-ring (bicyclic) bond motifs is 1. The Bertz CT molecular complexity index is 1030. The largest absolute Gasteiger partial charge is 0.464 e. The van der Waals surface area contributed by atoms with Gasteiger partial charge in [-0.15, -0.1) is 0 Å². The van der Waals surface area contributed by atoms with Gasteiger partial charge in [-0.05, 0) is 54.5 Å². The molecule has 1 N–H and O–H groups in total. The van der Waals surface area contributed by atoms with Crippen molar-refractivity contribution in [1.82, 2.24) is 9.97 Å². The van der Waals surface area contributed by atoms with Crippen LogP contribution in [0.25, 0.3) is 27.9 Å². The molecule has 0 bridgehead atoms. The van der Waals surface area contributed by atoms with E-state index in [1.807, 2.05) is 24.5 Å². The molecule has 0 spiro atoms. The van der Waals surface area contributed by atoms with Crippen molar-refractivity contribution in [3.63, 3.8) is 0 Å². The summed E-state index contributed by atoms with van der Waals surface area (Å²) in [6.45, 7) is 4.09. The number of ether oxygens (including phenoxy) is 1. The minimum absolute atomic E-state index is 0.112. The summed E-state index contributed by atoms with van der Waals surface area (Å²) >= 11 is 0. The quantitative estimate of drug-likeness (QED) is 0.568. The highest BCUT2D eigenvalue weighted by Gasteiger charge is 2.24. The highest BCUT2D eigenvalue weighted by atomic mass is 16.5. The maximum absolute atomic E-state index is 11.9. The molecule has 1 aliphatic rings. The first-order valence-corrected chi connectivity index (χ1v) is 9.57. The first kappa shape index (κ1) is 18.4. The van der Waals surface area contributed by atoms with Crippen LogP contribution >= 0.6 is 0 Å². The van der Waals surface area contributed by atoms with Gasteiger partial charge in [-0.2, -0.15) is 0 Å². The van der Waals surface area contributed by atoms with Crippen molar-refractivity contribution in [1.29, 1.82) is 0 Å². The molecule has 3 aromatic heterocycles. The number of aromatic amines is 1. The van der Waals surface area contributed by atoms with Crippen molar-refractivity contribution in [2.24, 2.45) is 5.92 Å². The monoisotopic (exact) mass is 376 g/mol. The summed E-state index contributed by atoms with van der Waals surface area (Å²) in [6.07, 6.45) is 12.6. The zero-order chi connectivity index (χ0) is 19.5. The molecule has 0 saturated heterocycles. The number of ketones is 1. The van der Waals surface area contributed by atoms with E-state index in [1.165, 1.54) is 11.6 Å². The number of carbonyl (C=O) groups excluding carboxylic acids is 1. The third kappa shape index (κ3) is 3.45. The molecule has 5 heteroatoms. The molecule has 0 fully saturated rings. The molecule has 144 valence electrons. The van der Waals surface area contributed by atoms with Crippen molar-refractivity contribution in [3.8, 4) is 11.3 Å². The lowest BCUT2D eigenvalue weighted by Gasteiger charge is -2.24. The number of nitrogens with one attached hydrogen (secondary N) is 1. The summed E-state index contributed by atoms with van der Waals surface area (Å²) in [7, 11) is 1.69. The number of aromatic nitrogens is 2. The fourth-order valence-corrected chi connectivity index (χ4v) is 4.13. The van der Waals surface area contributed by atoms with Gasteiger partial charge in [0.15, 0.2) is 5.78 Å². The maximum Gasteiger partial charge on any atom is 0.155 e. The minimum atomic E-state index is 0.112. The molecule has 4 rings (SSSR count). The van der Waals surface area contributed by atoms with E-state index in [0.717, 1.165) is 52.7 Å². The molecule has 5 nitrogen and oxygen atoms in total. The van der Waals surface area contributed by atoms with Crippen molar-refractivity contribution < 1.29 is 13.9 Å². The van der Waals surface area contributed by atoms with Crippen LogP contribution in [-0.4, -0.2) is 22.9 Å². The number of H-pyrrole nitrogens is 1. The van der Waals surface area contributed by atoms with Gasteiger partial charge in [-0.3, -0.25) is 4.79 Å². The fraction of sp³-hybridized carbons (Fsp3) is 0.304. The number of furan rings is 1. The second kappa shape index (κ2) is 7.98. The SMILES string of the molecule is C=CC(=O)CC1CCC=C(c2c(COC)cnc3[nH]cc(-c4ccco4)c23)C1. The van der Waals surface area contributed by atoms with E-state index < -0.39 is 0 Å². The van der Waals surface area contributed by atoms with Gasteiger partial charge in [-0.25, -0.2) is 4.98 Å². The molecule has 3 aromatic rings. The van der Waals surface area contributed by atoms with Gasteiger partial charge >= 0.3 is 0 Å². The average Bonchev–Trinajstić information content (AvgIpc) is 3.37. The molecular formula is C23H24N2O3. The zero-order valence-corrected chi connectivity index (χ0v) is 16.0. The van der Waals surface area contributed by atoms with E-state index >= 15 is 0 Å². The van der Waals surface area contributed by atoms with Crippen LogP contribution in [0, 0.1) is 5.92 Å². The number of hydrogen-bond donors (Lipinski definition) is 1. The number of methoxy groups -OCH3 is 1. The Labute approximate surface area is 164 Å². The Morgan fingerprint density at radius 3 is 3.14 bits per heavy atom. The molecule has 3 heterocycles. The Kier molecular flexibility index (Phi) is 5.26. The predicted molar refractivity (Wildman–Crippen MR) is 110 cm³/mol. The molecule has 0 aromatic carbocycles. The Balaban J connectivity index is 1.83. The van der Waals surface area contributed by atoms with E-state index in [2.05, 4.69) is 22.6 Å². The second-order valence-corrected chi connectivity index (χ2v) is 7.25. The van der Waals surface area contributed by atoms with E-state index in [9.17, 15) is 4.79 Å². The Morgan fingerprint density at radius 2 is 2.39 bits per heavy atom. The van der Waals surface area contributed by atoms with E-state index in [1.54, 1.807) is 13.4 Å². The van der Waals surface area contributed by atoms with Crippen LogP contribution in [0.15, 0.2) is 53.9 Å². The number of pyridine rings is 1. The van der Waals surface area contributed by atoms with E-state index in [-0.39, 0.29) is 5.78 Å². The lowest BCUT2D eigenvalue weighted by atomic mass is 9.81. The summed E-state index contributed by atoms with van der Waals surface area (Å²) in [5.74, 6) is 1.25. The molecule has 28 heavy (non-hydrogen) atoms. The zero-order valence-electron chi connectivity index (χ0n) is 16.0. The minimum Gasteiger partial charge on any atom is -0.464 e. The highest BCUT2D eigenvalue weighted by Crippen LogP contribution is 2.41. The third-order valence-electron chi connectivity index (χ3n) is 5.38. The van der Waals surface area contributed by atoms with Crippen LogP contribution in [0.1, 0.15) is 36.8 Å². The van der Waals surface area contributed by atoms with Crippen LogP contribution in [0.2, 0.25) is 0 Å². The molecule has 0 amide bonds. The fourth-order valence-electron chi connectivity index (χ4n) is 4.13. The Hall–Kier alpha value is -2.92. The van der Waals surface area contributed by atoms with Gasteiger partial charge < -0.3 is 14.1 Å². The molecular weight excluding hydrogens is 352 g/mol. The maximum atomic E-state index is 11.9. The summed E-state index contributed by atoms with van der Waals surface area (Å²) in [4.78, 5) is 19.8. The van der Waals surface area contributed by atoms with E-state index in [0.29, 0.717) is 18.9 Å². The molecule has 0 radical (unpaired) electrons. The van der Waals surface area contributed by atoms with Crippen LogP contribution in [0.5, 0.6) is 0 Å². The highest BCUT2D eigenvalue weighted by molar-refractivity contribution is 6.01. The number of nitrogens with zero attached hydrogens (tertiary/aromatic N) is 1. The smallest absolute Gasteiger partial charge is 0.155 e. The molecule has 1 aliphatic carbocycles. The Morgan fingerprint density at radius 1 is 1.50 bits per heavy atom. The number of hydrogen-bond acceptors (Lipinski definition) is 4. The molecule has 0 aliphatic heterocycles. The van der Waals surface area contributed by atoms with Crippen LogP contribution in [-0.2, 0) is 16.1 Å². The predicted octanol–water partition coefficient (Wildman–Crippen LogP) is 5.30. The number of allylic oxidation sites excluding steroid dienone is 3. The van der Waals surface area contributed by atoms with Crippen molar-refractivity contribution in [2.75, 3.05) is 7.11 Å². The summed E-state index contributed by atoms with van der Waals surface area (Å²) in [6, 6.07) is 3.84.